The van der Waals surface area contributed by atoms with Crippen LogP contribution >= 0.6 is 11.3 Å². The Morgan fingerprint density at radius 3 is 2.94 bits per heavy atom. The second kappa shape index (κ2) is 2.90. The molecule has 2 N–H and O–H groups in total. The lowest BCUT2D eigenvalue weighted by atomic mass is 10.1. The van der Waals surface area contributed by atoms with Gasteiger partial charge in [-0.05, 0) is 12.1 Å². The first-order valence-corrected chi connectivity index (χ1v) is 6.11. The van der Waals surface area contributed by atoms with E-state index in [-0.39, 0.29) is 0 Å². The topological polar surface area (TPSA) is 29.5 Å². The maximum Gasteiger partial charge on any atom is 0.144 e. The molecular weight excluding hydrogens is 216 g/mol. The van der Waals surface area contributed by atoms with E-state index in [1.165, 1.54) is 27.2 Å². The lowest BCUT2D eigenvalue weighted by Gasteiger charge is -1.94. The van der Waals surface area contributed by atoms with Gasteiger partial charge in [-0.1, -0.05) is 12.1 Å². The SMILES string of the molecule is c1ccc2c(c1)[NH2+]c1cc3scnc3cc1-2. The first-order valence-electron chi connectivity index (χ1n) is 5.23. The van der Waals surface area contributed by atoms with Crippen molar-refractivity contribution in [2.24, 2.45) is 0 Å². The molecule has 0 atom stereocenters. The van der Waals surface area contributed by atoms with Gasteiger partial charge >= 0.3 is 0 Å². The van der Waals surface area contributed by atoms with Crippen molar-refractivity contribution >= 4 is 32.9 Å². The molecule has 0 saturated carbocycles. The van der Waals surface area contributed by atoms with Crippen LogP contribution < -0.4 is 5.32 Å². The van der Waals surface area contributed by atoms with Crippen molar-refractivity contribution in [3.8, 4) is 11.1 Å². The maximum atomic E-state index is 4.37. The molecule has 0 bridgehead atoms. The Hall–Kier alpha value is -1.71. The summed E-state index contributed by atoms with van der Waals surface area (Å²) in [6.45, 7) is 0. The van der Waals surface area contributed by atoms with Gasteiger partial charge < -0.3 is 0 Å². The van der Waals surface area contributed by atoms with Gasteiger partial charge in [0.05, 0.1) is 21.3 Å². The van der Waals surface area contributed by atoms with Crippen molar-refractivity contribution in [2.45, 2.75) is 0 Å². The molecule has 0 radical (unpaired) electrons. The summed E-state index contributed by atoms with van der Waals surface area (Å²) in [6.07, 6.45) is 0. The molecule has 1 aliphatic rings. The highest BCUT2D eigenvalue weighted by atomic mass is 32.1. The van der Waals surface area contributed by atoms with Crippen LogP contribution in [0.25, 0.3) is 21.3 Å². The smallest absolute Gasteiger partial charge is 0.144 e. The quantitative estimate of drug-likeness (QED) is 0.458. The van der Waals surface area contributed by atoms with E-state index in [0.717, 1.165) is 5.52 Å². The summed E-state index contributed by atoms with van der Waals surface area (Å²) in [7, 11) is 0. The van der Waals surface area contributed by atoms with E-state index < -0.39 is 0 Å². The van der Waals surface area contributed by atoms with E-state index >= 15 is 0 Å². The van der Waals surface area contributed by atoms with Crippen LogP contribution in [0.3, 0.4) is 0 Å². The van der Waals surface area contributed by atoms with E-state index in [4.69, 9.17) is 0 Å². The fourth-order valence-corrected chi connectivity index (χ4v) is 3.01. The third kappa shape index (κ3) is 1.01. The molecule has 1 aliphatic heterocycles. The van der Waals surface area contributed by atoms with Gasteiger partial charge in [0.25, 0.3) is 0 Å². The van der Waals surface area contributed by atoms with Crippen molar-refractivity contribution in [1.29, 1.82) is 0 Å². The summed E-state index contributed by atoms with van der Waals surface area (Å²) in [6, 6.07) is 13.0. The monoisotopic (exact) mass is 225 g/mol. The number of thiazole rings is 1. The van der Waals surface area contributed by atoms with Crippen molar-refractivity contribution in [3.63, 3.8) is 0 Å². The molecule has 0 spiro atoms. The zero-order valence-electron chi connectivity index (χ0n) is 8.47. The highest BCUT2D eigenvalue weighted by Crippen LogP contribution is 2.38. The summed E-state index contributed by atoms with van der Waals surface area (Å²) < 4.78 is 1.27. The number of hydrogen-bond acceptors (Lipinski definition) is 2. The molecule has 0 amide bonds. The minimum absolute atomic E-state index is 1.11. The number of hydrogen-bond donors (Lipinski definition) is 1. The van der Waals surface area contributed by atoms with Gasteiger partial charge in [-0.25, -0.2) is 4.98 Å². The summed E-state index contributed by atoms with van der Waals surface area (Å²) in [5, 5.41) is 2.25. The Bertz CT molecular complexity index is 700. The molecule has 0 saturated heterocycles. The van der Waals surface area contributed by atoms with Gasteiger partial charge in [0.1, 0.15) is 11.4 Å². The Morgan fingerprint density at radius 2 is 1.94 bits per heavy atom. The first kappa shape index (κ1) is 8.44. The van der Waals surface area contributed by atoms with Crippen LogP contribution in [0.1, 0.15) is 0 Å². The largest absolute Gasteiger partial charge is 0.280 e. The highest BCUT2D eigenvalue weighted by molar-refractivity contribution is 7.16. The van der Waals surface area contributed by atoms with Crippen molar-refractivity contribution in [1.82, 2.24) is 4.98 Å². The van der Waals surface area contributed by atoms with Gasteiger partial charge in [-0.3, -0.25) is 5.32 Å². The molecule has 0 unspecified atom stereocenters. The number of fused-ring (bicyclic) bond motifs is 4. The van der Waals surface area contributed by atoms with Crippen molar-refractivity contribution in [2.75, 3.05) is 0 Å². The molecule has 16 heavy (non-hydrogen) atoms. The van der Waals surface area contributed by atoms with Gasteiger partial charge in [-0.15, -0.1) is 11.3 Å². The average Bonchev–Trinajstić information content (AvgIpc) is 2.88. The molecule has 0 aliphatic carbocycles. The highest BCUT2D eigenvalue weighted by Gasteiger charge is 2.23. The van der Waals surface area contributed by atoms with Crippen LogP contribution in [-0.2, 0) is 0 Å². The van der Waals surface area contributed by atoms with Crippen LogP contribution in [0.4, 0.5) is 11.4 Å². The predicted octanol–water partition coefficient (Wildman–Crippen LogP) is 2.80. The third-order valence-corrected chi connectivity index (χ3v) is 3.86. The van der Waals surface area contributed by atoms with E-state index in [2.05, 4.69) is 46.7 Å². The van der Waals surface area contributed by atoms with E-state index in [9.17, 15) is 0 Å². The fourth-order valence-electron chi connectivity index (χ4n) is 2.31. The van der Waals surface area contributed by atoms with Gasteiger partial charge in [0.15, 0.2) is 0 Å². The number of nitrogens with zero attached hydrogens (tertiary/aromatic N) is 1. The second-order valence-electron chi connectivity index (χ2n) is 3.99. The lowest BCUT2D eigenvalue weighted by Crippen LogP contribution is -2.69. The fraction of sp³-hybridized carbons (Fsp3) is 0. The zero-order chi connectivity index (χ0) is 10.5. The van der Waals surface area contributed by atoms with Gasteiger partial charge in [0, 0.05) is 17.7 Å². The number of rotatable bonds is 0. The molecule has 0 fully saturated rings. The van der Waals surface area contributed by atoms with E-state index in [1.54, 1.807) is 11.3 Å². The summed E-state index contributed by atoms with van der Waals surface area (Å²) in [5.74, 6) is 0. The molecule has 2 nitrogen and oxygen atoms in total. The standard InChI is InChI=1S/C13H8N2S/c1-2-4-10-8(3-1)9-5-12-13(16-7-14-12)6-11(9)15-10/h1-7,15H/p+1. The lowest BCUT2D eigenvalue weighted by molar-refractivity contribution is -0.473. The molecule has 1 aromatic heterocycles. The van der Waals surface area contributed by atoms with Gasteiger partial charge in [0.2, 0.25) is 0 Å². The summed E-state index contributed by atoms with van der Waals surface area (Å²) in [5.41, 5.74) is 8.29. The summed E-state index contributed by atoms with van der Waals surface area (Å²) in [4.78, 5) is 4.37. The first-order chi connectivity index (χ1) is 7.92. The number of quaternary nitrogens is 1. The van der Waals surface area contributed by atoms with E-state index in [0.29, 0.717) is 0 Å². The van der Waals surface area contributed by atoms with Crippen LogP contribution in [0.2, 0.25) is 0 Å². The Balaban J connectivity index is 2.09. The van der Waals surface area contributed by atoms with E-state index in [1.807, 2.05) is 5.51 Å². The second-order valence-corrected chi connectivity index (χ2v) is 4.88. The van der Waals surface area contributed by atoms with Crippen LogP contribution in [0.5, 0.6) is 0 Å². The Labute approximate surface area is 96.6 Å². The Kier molecular flexibility index (Phi) is 1.53. The van der Waals surface area contributed by atoms with Crippen LogP contribution in [-0.4, -0.2) is 4.98 Å². The van der Waals surface area contributed by atoms with Gasteiger partial charge in [-0.2, -0.15) is 0 Å². The minimum Gasteiger partial charge on any atom is -0.280 e. The molecular formula is C13H9N2S+. The normalized spacial score (nSPS) is 12.8. The van der Waals surface area contributed by atoms with Crippen LogP contribution in [0.15, 0.2) is 41.9 Å². The number of para-hydroxylation sites is 1. The molecule has 3 heteroatoms. The average molecular weight is 225 g/mol. The number of nitrogens with two attached hydrogens (primary N) is 1. The summed E-state index contributed by atoms with van der Waals surface area (Å²) >= 11 is 1.70. The van der Waals surface area contributed by atoms with Crippen molar-refractivity contribution < 1.29 is 5.32 Å². The number of aromatic nitrogens is 1. The minimum atomic E-state index is 1.11. The van der Waals surface area contributed by atoms with Crippen molar-refractivity contribution in [3.05, 3.63) is 41.9 Å². The molecule has 2 heterocycles. The molecule has 4 rings (SSSR count). The molecule has 2 aromatic carbocycles. The predicted molar refractivity (Wildman–Crippen MR) is 66.3 cm³/mol. The van der Waals surface area contributed by atoms with Crippen LogP contribution in [0, 0.1) is 0 Å². The molecule has 3 aromatic rings. The zero-order valence-corrected chi connectivity index (χ0v) is 9.29. The third-order valence-electron chi connectivity index (χ3n) is 3.06. The number of benzene rings is 2. The molecule has 76 valence electrons. The maximum absolute atomic E-state index is 4.37. The Morgan fingerprint density at radius 1 is 1.00 bits per heavy atom.